The number of nitrogens with one attached hydrogen (secondary N) is 2. The van der Waals surface area contributed by atoms with Gasteiger partial charge in [-0.1, -0.05) is 32.0 Å². The van der Waals surface area contributed by atoms with E-state index in [0.29, 0.717) is 5.75 Å². The lowest BCUT2D eigenvalue weighted by molar-refractivity contribution is -0.0593. The number of aromatic nitrogens is 2. The summed E-state index contributed by atoms with van der Waals surface area (Å²) < 4.78 is 46.4. The summed E-state index contributed by atoms with van der Waals surface area (Å²) in [6, 6.07) is 9.18. The van der Waals surface area contributed by atoms with Crippen molar-refractivity contribution < 1.29 is 27.8 Å². The molecule has 2 aromatic rings. The highest BCUT2D eigenvalue weighted by Crippen LogP contribution is 2.47. The molecule has 3 rings (SSSR count). The molecule has 1 fully saturated rings. The molecule has 0 radical (unpaired) electrons. The van der Waals surface area contributed by atoms with E-state index in [2.05, 4.69) is 5.09 Å². The van der Waals surface area contributed by atoms with Crippen molar-refractivity contribution in [2.24, 2.45) is 5.92 Å². The van der Waals surface area contributed by atoms with Gasteiger partial charge in [0.1, 0.15) is 18.0 Å². The van der Waals surface area contributed by atoms with Crippen LogP contribution in [0.3, 0.4) is 0 Å². The standard InChI is InChI=1S/C21H29FN3O7P/c1-13(2)14(3)24-33(29,32-15-8-6-5-7-9-15)30-12-16-18(27)21(4,22)19(31-16)25-11-10-17(26)23-20(25)28/h5-11,13-14,16,18-19,27H,12H2,1-4H3,(H,24,29)(H,23,26,28)/t14-,16+,18+,19+,21+,33?/m0/s1. The predicted molar refractivity (Wildman–Crippen MR) is 119 cm³/mol. The van der Waals surface area contributed by atoms with Gasteiger partial charge in [-0.25, -0.2) is 18.8 Å². The summed E-state index contributed by atoms with van der Waals surface area (Å²) in [6.07, 6.45) is -3.45. The zero-order valence-corrected chi connectivity index (χ0v) is 19.7. The SMILES string of the molecule is CC(C)[C@H](C)NP(=O)(OC[C@H]1O[C@@H](n2ccc(=O)[nH]c2=O)[C@](C)(F)[C@@H]1O)Oc1ccccc1. The summed E-state index contributed by atoms with van der Waals surface area (Å²) in [5.41, 5.74) is -3.95. The van der Waals surface area contributed by atoms with Crippen LogP contribution in [0.5, 0.6) is 5.75 Å². The van der Waals surface area contributed by atoms with Crippen LogP contribution in [0.15, 0.2) is 52.2 Å². The highest BCUT2D eigenvalue weighted by Gasteiger charge is 2.55. The summed E-state index contributed by atoms with van der Waals surface area (Å²) in [7, 11) is -3.96. The van der Waals surface area contributed by atoms with Crippen LogP contribution in [-0.4, -0.2) is 45.2 Å². The molecule has 0 bridgehead atoms. The van der Waals surface area contributed by atoms with Crippen LogP contribution in [0.25, 0.3) is 0 Å². The number of hydrogen-bond donors (Lipinski definition) is 3. The molecule has 0 saturated carbocycles. The van der Waals surface area contributed by atoms with E-state index in [1.165, 1.54) is 0 Å². The van der Waals surface area contributed by atoms with E-state index in [9.17, 15) is 19.3 Å². The van der Waals surface area contributed by atoms with Gasteiger partial charge >= 0.3 is 13.4 Å². The Kier molecular flexibility index (Phi) is 7.60. The van der Waals surface area contributed by atoms with Crippen LogP contribution >= 0.6 is 7.75 Å². The summed E-state index contributed by atoms with van der Waals surface area (Å²) >= 11 is 0. The summed E-state index contributed by atoms with van der Waals surface area (Å²) in [5.74, 6) is 0.394. The third-order valence-corrected chi connectivity index (χ3v) is 7.22. The molecule has 12 heteroatoms. The average molecular weight is 485 g/mol. The second-order valence-corrected chi connectivity index (χ2v) is 10.2. The van der Waals surface area contributed by atoms with Gasteiger partial charge in [-0.3, -0.25) is 18.9 Å². The lowest BCUT2D eigenvalue weighted by Crippen LogP contribution is -2.43. The normalized spacial score (nSPS) is 27.9. The van der Waals surface area contributed by atoms with Gasteiger partial charge in [-0.05, 0) is 31.9 Å². The zero-order chi connectivity index (χ0) is 24.4. The number of hydrogen-bond acceptors (Lipinski definition) is 7. The number of rotatable bonds is 9. The van der Waals surface area contributed by atoms with Crippen molar-refractivity contribution in [3.8, 4) is 5.75 Å². The number of aliphatic hydroxyl groups is 1. The number of aromatic amines is 1. The van der Waals surface area contributed by atoms with Gasteiger partial charge in [0, 0.05) is 18.3 Å². The summed E-state index contributed by atoms with van der Waals surface area (Å²) in [5, 5.41) is 13.4. The molecular formula is C21H29FN3O7P. The van der Waals surface area contributed by atoms with Crippen molar-refractivity contribution >= 4 is 7.75 Å². The van der Waals surface area contributed by atoms with Crippen LogP contribution in [0.1, 0.15) is 33.9 Å². The quantitative estimate of drug-likeness (QED) is 0.462. The number of H-pyrrole nitrogens is 1. The first-order valence-corrected chi connectivity index (χ1v) is 12.1. The molecule has 1 aliphatic heterocycles. The molecule has 1 unspecified atom stereocenters. The minimum absolute atomic E-state index is 0.0974. The van der Waals surface area contributed by atoms with Crippen molar-refractivity contribution in [3.63, 3.8) is 0 Å². The molecule has 33 heavy (non-hydrogen) atoms. The molecule has 2 heterocycles. The van der Waals surface area contributed by atoms with E-state index < -0.39 is 49.7 Å². The van der Waals surface area contributed by atoms with Crippen molar-refractivity contribution in [3.05, 3.63) is 63.4 Å². The van der Waals surface area contributed by atoms with E-state index >= 15 is 4.39 Å². The van der Waals surface area contributed by atoms with E-state index in [1.54, 1.807) is 30.3 Å². The second kappa shape index (κ2) is 9.90. The summed E-state index contributed by atoms with van der Waals surface area (Å²) in [6.45, 7) is 6.24. The van der Waals surface area contributed by atoms with Crippen LogP contribution in [0, 0.1) is 5.92 Å². The third-order valence-electron chi connectivity index (χ3n) is 5.56. The number of aliphatic hydroxyl groups excluding tert-OH is 1. The fourth-order valence-electron chi connectivity index (χ4n) is 3.24. The van der Waals surface area contributed by atoms with Gasteiger partial charge in [-0.15, -0.1) is 0 Å². The van der Waals surface area contributed by atoms with Gasteiger partial charge in [0.15, 0.2) is 11.9 Å². The molecule has 1 aromatic heterocycles. The topological polar surface area (TPSA) is 132 Å². The number of halogens is 1. The number of para-hydroxylation sites is 1. The lowest BCUT2D eigenvalue weighted by Gasteiger charge is -2.27. The Morgan fingerprint density at radius 1 is 1.27 bits per heavy atom. The second-order valence-electron chi connectivity index (χ2n) is 8.50. The molecule has 0 spiro atoms. The molecule has 1 aliphatic rings. The first-order chi connectivity index (χ1) is 15.4. The highest BCUT2D eigenvalue weighted by atomic mass is 31.2. The Morgan fingerprint density at radius 2 is 1.94 bits per heavy atom. The first-order valence-electron chi connectivity index (χ1n) is 10.5. The van der Waals surface area contributed by atoms with E-state index in [4.69, 9.17) is 13.8 Å². The maximum Gasteiger partial charge on any atom is 0.459 e. The minimum atomic E-state index is -3.96. The lowest BCUT2D eigenvalue weighted by atomic mass is 9.98. The fraction of sp³-hybridized carbons (Fsp3) is 0.524. The van der Waals surface area contributed by atoms with Crippen LogP contribution in [-0.2, 0) is 13.8 Å². The molecule has 182 valence electrons. The Bertz CT molecular complexity index is 1100. The smallest absolute Gasteiger partial charge is 0.413 e. The Balaban J connectivity index is 1.80. The predicted octanol–water partition coefficient (Wildman–Crippen LogP) is 2.36. The number of alkyl halides is 1. The number of ether oxygens (including phenoxy) is 1. The van der Waals surface area contributed by atoms with Crippen molar-refractivity contribution in [1.29, 1.82) is 0 Å². The van der Waals surface area contributed by atoms with Crippen molar-refractivity contribution in [1.82, 2.24) is 14.6 Å². The molecule has 6 atom stereocenters. The van der Waals surface area contributed by atoms with Gasteiger partial charge in [0.25, 0.3) is 5.56 Å². The molecule has 0 amide bonds. The third kappa shape index (κ3) is 5.80. The fourth-order valence-corrected chi connectivity index (χ4v) is 4.96. The van der Waals surface area contributed by atoms with E-state index in [-0.39, 0.29) is 12.0 Å². The molecule has 1 saturated heterocycles. The number of nitrogens with zero attached hydrogens (tertiary/aromatic N) is 1. The Hall–Kier alpha value is -2.30. The average Bonchev–Trinajstić information content (AvgIpc) is 2.96. The first kappa shape index (κ1) is 25.3. The molecular weight excluding hydrogens is 456 g/mol. The van der Waals surface area contributed by atoms with Gasteiger partial charge < -0.3 is 14.4 Å². The minimum Gasteiger partial charge on any atom is -0.413 e. The molecule has 0 aliphatic carbocycles. The van der Waals surface area contributed by atoms with Gasteiger partial charge in [0.2, 0.25) is 0 Å². The van der Waals surface area contributed by atoms with E-state index in [1.807, 2.05) is 25.8 Å². The summed E-state index contributed by atoms with van der Waals surface area (Å²) in [4.78, 5) is 25.4. The molecule has 10 nitrogen and oxygen atoms in total. The van der Waals surface area contributed by atoms with Gasteiger partial charge in [0.05, 0.1) is 6.61 Å². The van der Waals surface area contributed by atoms with Crippen LogP contribution in [0.4, 0.5) is 4.39 Å². The Morgan fingerprint density at radius 3 is 2.55 bits per heavy atom. The Labute approximate surface area is 190 Å². The van der Waals surface area contributed by atoms with E-state index in [0.717, 1.165) is 23.8 Å². The molecule has 3 N–H and O–H groups in total. The maximum atomic E-state index is 15.4. The van der Waals surface area contributed by atoms with Crippen LogP contribution in [0.2, 0.25) is 0 Å². The maximum absolute atomic E-state index is 15.4. The highest BCUT2D eigenvalue weighted by molar-refractivity contribution is 7.52. The zero-order valence-electron chi connectivity index (χ0n) is 18.8. The monoisotopic (exact) mass is 485 g/mol. The number of benzene rings is 1. The van der Waals surface area contributed by atoms with Crippen LogP contribution < -0.4 is 20.9 Å². The van der Waals surface area contributed by atoms with Gasteiger partial charge in [-0.2, -0.15) is 0 Å². The molecule has 1 aromatic carbocycles. The largest absolute Gasteiger partial charge is 0.459 e. The van der Waals surface area contributed by atoms with Crippen molar-refractivity contribution in [2.45, 2.75) is 57.8 Å². The van der Waals surface area contributed by atoms with Crippen molar-refractivity contribution in [2.75, 3.05) is 6.61 Å².